The van der Waals surface area contributed by atoms with Gasteiger partial charge in [0, 0.05) is 44.1 Å². The maximum atomic E-state index is 12.9. The summed E-state index contributed by atoms with van der Waals surface area (Å²) in [5.41, 5.74) is 1.71. The summed E-state index contributed by atoms with van der Waals surface area (Å²) in [5.74, 6) is 0.127. The normalized spacial score (nSPS) is 14.5. The Morgan fingerprint density at radius 3 is 2.36 bits per heavy atom. The monoisotopic (exact) mass is 469 g/mol. The van der Waals surface area contributed by atoms with E-state index in [1.54, 1.807) is 21.7 Å². The van der Waals surface area contributed by atoms with Gasteiger partial charge < -0.3 is 24.4 Å². The molecule has 0 bridgehead atoms. The van der Waals surface area contributed by atoms with E-state index < -0.39 is 5.60 Å². The van der Waals surface area contributed by atoms with E-state index in [0.717, 1.165) is 16.6 Å². The predicted octanol–water partition coefficient (Wildman–Crippen LogP) is 4.54. The highest BCUT2D eigenvalue weighted by Gasteiger charge is 2.26. The standard InChI is InChI=1S/C24H28ClN5O3/c1-24(2,3)33-23(32)30-13-11-29(12-14-30)16-9-10-19(26-15-16)27-22(31)21-20(25)17-7-5-6-8-18(17)28(21)4/h5-10,15H,11-14H2,1-4H3,(H,26,27,31). The Morgan fingerprint density at radius 2 is 1.76 bits per heavy atom. The van der Waals surface area contributed by atoms with Gasteiger partial charge in [0.25, 0.3) is 5.91 Å². The molecule has 3 heterocycles. The lowest BCUT2D eigenvalue weighted by atomic mass is 10.2. The first-order valence-corrected chi connectivity index (χ1v) is 11.2. The van der Waals surface area contributed by atoms with E-state index in [1.165, 1.54) is 0 Å². The summed E-state index contributed by atoms with van der Waals surface area (Å²) in [4.78, 5) is 33.4. The number of hydrogen-bond donors (Lipinski definition) is 1. The fourth-order valence-corrected chi connectivity index (χ4v) is 4.27. The molecule has 0 atom stereocenters. The van der Waals surface area contributed by atoms with Crippen molar-refractivity contribution in [1.29, 1.82) is 0 Å². The van der Waals surface area contributed by atoms with E-state index in [4.69, 9.17) is 16.3 Å². The zero-order valence-electron chi connectivity index (χ0n) is 19.3. The molecule has 0 spiro atoms. The lowest BCUT2D eigenvalue weighted by Gasteiger charge is -2.36. The fourth-order valence-electron chi connectivity index (χ4n) is 3.90. The first-order chi connectivity index (χ1) is 15.6. The largest absolute Gasteiger partial charge is 0.444 e. The molecule has 3 aromatic rings. The number of benzene rings is 1. The third-order valence-electron chi connectivity index (χ3n) is 5.55. The number of nitrogens with zero attached hydrogens (tertiary/aromatic N) is 4. The van der Waals surface area contributed by atoms with Gasteiger partial charge in [-0.15, -0.1) is 0 Å². The molecule has 1 aliphatic rings. The Hall–Kier alpha value is -3.26. The number of halogens is 1. The van der Waals surface area contributed by atoms with Crippen LogP contribution in [-0.4, -0.2) is 58.2 Å². The highest BCUT2D eigenvalue weighted by atomic mass is 35.5. The van der Waals surface area contributed by atoms with Crippen molar-refractivity contribution in [2.24, 2.45) is 7.05 Å². The molecule has 1 N–H and O–H groups in total. The molecular formula is C24H28ClN5O3. The smallest absolute Gasteiger partial charge is 0.410 e. The van der Waals surface area contributed by atoms with E-state index >= 15 is 0 Å². The molecule has 2 amide bonds. The Morgan fingerprint density at radius 1 is 1.06 bits per heavy atom. The molecule has 0 unspecified atom stereocenters. The number of amides is 2. The number of piperazine rings is 1. The summed E-state index contributed by atoms with van der Waals surface area (Å²) in [6, 6.07) is 11.3. The topological polar surface area (TPSA) is 79.7 Å². The average Bonchev–Trinajstić information content (AvgIpc) is 3.04. The van der Waals surface area contributed by atoms with Crippen LogP contribution in [0.2, 0.25) is 5.02 Å². The maximum Gasteiger partial charge on any atom is 0.410 e. The molecule has 0 radical (unpaired) electrons. The molecule has 1 fully saturated rings. The average molecular weight is 470 g/mol. The Bertz CT molecular complexity index is 1140. The zero-order valence-corrected chi connectivity index (χ0v) is 20.0. The number of fused-ring (bicyclic) bond motifs is 1. The number of nitrogens with one attached hydrogen (secondary N) is 1. The van der Waals surface area contributed by atoms with Crippen molar-refractivity contribution >= 4 is 46.0 Å². The van der Waals surface area contributed by atoms with Crippen molar-refractivity contribution in [2.75, 3.05) is 36.4 Å². The number of anilines is 2. The number of aryl methyl sites for hydroxylation is 1. The lowest BCUT2D eigenvalue weighted by molar-refractivity contribution is 0.0240. The van der Waals surface area contributed by atoms with Gasteiger partial charge in [0.1, 0.15) is 17.1 Å². The van der Waals surface area contributed by atoms with Crippen LogP contribution in [0.1, 0.15) is 31.3 Å². The van der Waals surface area contributed by atoms with Gasteiger partial charge >= 0.3 is 6.09 Å². The fraction of sp³-hybridized carbons (Fsp3) is 0.375. The van der Waals surface area contributed by atoms with Crippen LogP contribution < -0.4 is 10.2 Å². The van der Waals surface area contributed by atoms with Crippen molar-refractivity contribution < 1.29 is 14.3 Å². The van der Waals surface area contributed by atoms with Gasteiger partial charge in [-0.05, 0) is 39.0 Å². The number of carbonyl (C=O) groups is 2. The highest BCUT2D eigenvalue weighted by Crippen LogP contribution is 2.30. The minimum absolute atomic E-state index is 0.287. The molecule has 1 aliphatic heterocycles. The summed E-state index contributed by atoms with van der Waals surface area (Å²) >= 11 is 6.47. The first-order valence-electron chi connectivity index (χ1n) is 10.9. The van der Waals surface area contributed by atoms with Crippen LogP contribution >= 0.6 is 11.6 Å². The minimum atomic E-state index is -0.505. The summed E-state index contributed by atoms with van der Waals surface area (Å²) in [5, 5.41) is 4.09. The van der Waals surface area contributed by atoms with Gasteiger partial charge in [-0.1, -0.05) is 29.8 Å². The number of ether oxygens (including phenoxy) is 1. The van der Waals surface area contributed by atoms with Gasteiger partial charge in [-0.25, -0.2) is 9.78 Å². The lowest BCUT2D eigenvalue weighted by Crippen LogP contribution is -2.50. The van der Waals surface area contributed by atoms with Gasteiger partial charge in [-0.2, -0.15) is 0 Å². The van der Waals surface area contributed by atoms with Crippen LogP contribution in [-0.2, 0) is 11.8 Å². The summed E-state index contributed by atoms with van der Waals surface area (Å²) in [6.07, 6.45) is 1.44. The molecule has 33 heavy (non-hydrogen) atoms. The molecule has 1 saturated heterocycles. The van der Waals surface area contributed by atoms with Crippen LogP contribution in [0.15, 0.2) is 42.6 Å². The molecule has 4 rings (SSSR count). The van der Waals surface area contributed by atoms with Crippen LogP contribution in [0, 0.1) is 0 Å². The van der Waals surface area contributed by atoms with Crippen LogP contribution in [0.25, 0.3) is 10.9 Å². The second kappa shape index (κ2) is 8.94. The van der Waals surface area contributed by atoms with E-state index in [1.807, 2.05) is 58.2 Å². The SMILES string of the molecule is Cn1c(C(=O)Nc2ccc(N3CCN(C(=O)OC(C)(C)C)CC3)cn2)c(Cl)c2ccccc21. The molecular weight excluding hydrogens is 442 g/mol. The third kappa shape index (κ3) is 4.90. The van der Waals surface area contributed by atoms with E-state index in [2.05, 4.69) is 15.2 Å². The molecule has 174 valence electrons. The molecule has 0 aliphatic carbocycles. The Balaban J connectivity index is 1.39. The van der Waals surface area contributed by atoms with Gasteiger partial charge in [0.05, 0.1) is 16.9 Å². The second-order valence-electron chi connectivity index (χ2n) is 9.05. The number of carbonyl (C=O) groups excluding carboxylic acids is 2. The predicted molar refractivity (Wildman–Crippen MR) is 130 cm³/mol. The van der Waals surface area contributed by atoms with Gasteiger partial charge in [0.2, 0.25) is 0 Å². The first kappa shape index (κ1) is 22.9. The second-order valence-corrected chi connectivity index (χ2v) is 9.43. The van der Waals surface area contributed by atoms with Gasteiger partial charge in [0.15, 0.2) is 0 Å². The number of pyridine rings is 1. The molecule has 9 heteroatoms. The maximum absolute atomic E-state index is 12.9. The number of rotatable bonds is 3. The van der Waals surface area contributed by atoms with Crippen molar-refractivity contribution in [3.8, 4) is 0 Å². The van der Waals surface area contributed by atoms with E-state index in [0.29, 0.717) is 42.7 Å². The van der Waals surface area contributed by atoms with Crippen LogP contribution in [0.4, 0.5) is 16.3 Å². The van der Waals surface area contributed by atoms with Crippen molar-refractivity contribution in [2.45, 2.75) is 26.4 Å². The number of aromatic nitrogens is 2. The van der Waals surface area contributed by atoms with Crippen LogP contribution in [0.5, 0.6) is 0 Å². The van der Waals surface area contributed by atoms with E-state index in [-0.39, 0.29) is 12.0 Å². The van der Waals surface area contributed by atoms with Gasteiger partial charge in [-0.3, -0.25) is 4.79 Å². The molecule has 8 nitrogen and oxygen atoms in total. The van der Waals surface area contributed by atoms with Crippen molar-refractivity contribution in [1.82, 2.24) is 14.5 Å². The minimum Gasteiger partial charge on any atom is -0.444 e. The number of para-hydroxylation sites is 1. The zero-order chi connectivity index (χ0) is 23.8. The highest BCUT2D eigenvalue weighted by molar-refractivity contribution is 6.39. The van der Waals surface area contributed by atoms with Crippen molar-refractivity contribution in [3.05, 3.63) is 53.3 Å². The molecule has 2 aromatic heterocycles. The quantitative estimate of drug-likeness (QED) is 0.609. The third-order valence-corrected chi connectivity index (χ3v) is 5.93. The molecule has 1 aromatic carbocycles. The molecule has 0 saturated carbocycles. The summed E-state index contributed by atoms with van der Waals surface area (Å²) < 4.78 is 7.23. The summed E-state index contributed by atoms with van der Waals surface area (Å²) in [6.45, 7) is 8.10. The van der Waals surface area contributed by atoms with Crippen molar-refractivity contribution in [3.63, 3.8) is 0 Å². The van der Waals surface area contributed by atoms with Crippen LogP contribution in [0.3, 0.4) is 0 Å². The Kier molecular flexibility index (Phi) is 6.21. The number of hydrogen-bond acceptors (Lipinski definition) is 5. The summed E-state index contributed by atoms with van der Waals surface area (Å²) in [7, 11) is 1.82. The van der Waals surface area contributed by atoms with E-state index in [9.17, 15) is 9.59 Å². The Labute approximate surface area is 198 Å².